The molecule has 0 spiro atoms. The van der Waals surface area contributed by atoms with Gasteiger partial charge in [-0.05, 0) is 36.6 Å². The predicted octanol–water partition coefficient (Wildman–Crippen LogP) is 4.86. The van der Waals surface area contributed by atoms with Crippen LogP contribution in [0.5, 0.6) is 0 Å². The molecular weight excluding hydrogens is 528 g/mol. The Kier molecular flexibility index (Phi) is 6.49. The number of hydrogen-bond acceptors (Lipinski definition) is 9. The van der Waals surface area contributed by atoms with E-state index in [0.717, 1.165) is 23.1 Å². The second-order valence-electron chi connectivity index (χ2n) is 13.2. The molecule has 0 bridgehead atoms. The van der Waals surface area contributed by atoms with Crippen LogP contribution in [0.1, 0.15) is 72.8 Å². The first-order chi connectivity index (χ1) is 19.3. The third-order valence-electron chi connectivity index (χ3n) is 11.0. The average Bonchev–Trinajstić information content (AvgIpc) is 3.58. The van der Waals surface area contributed by atoms with E-state index in [9.17, 15) is 14.4 Å². The third-order valence-corrected chi connectivity index (χ3v) is 11.0. The molecule has 6 rings (SSSR count). The molecule has 2 aliphatic heterocycles. The zero-order valence-corrected chi connectivity index (χ0v) is 24.8. The van der Waals surface area contributed by atoms with Crippen molar-refractivity contribution >= 4 is 17.9 Å². The van der Waals surface area contributed by atoms with Gasteiger partial charge in [0.25, 0.3) is 0 Å². The lowest BCUT2D eigenvalue weighted by atomic mass is 9.40. The van der Waals surface area contributed by atoms with Gasteiger partial charge >= 0.3 is 17.9 Å². The van der Waals surface area contributed by atoms with E-state index in [2.05, 4.69) is 33.8 Å². The quantitative estimate of drug-likeness (QED) is 0.286. The number of ether oxygens (including phenoxy) is 5. The fourth-order valence-corrected chi connectivity index (χ4v) is 9.71. The van der Waals surface area contributed by atoms with Crippen LogP contribution in [-0.4, -0.2) is 55.0 Å². The first kappa shape index (κ1) is 28.1. The van der Waals surface area contributed by atoms with E-state index in [-0.39, 0.29) is 23.9 Å². The highest BCUT2D eigenvalue weighted by Gasteiger charge is 2.77. The van der Waals surface area contributed by atoms with Crippen molar-refractivity contribution < 1.29 is 42.5 Å². The van der Waals surface area contributed by atoms with E-state index < -0.39 is 58.6 Å². The number of esters is 3. The molecule has 0 radical (unpaired) electrons. The van der Waals surface area contributed by atoms with Crippen LogP contribution in [0.25, 0.3) is 0 Å². The minimum absolute atomic E-state index is 0.0833. The monoisotopic (exact) mass is 568 g/mol. The second kappa shape index (κ2) is 9.48. The Hall–Kier alpha value is -3.07. The molecule has 0 unspecified atom stereocenters. The van der Waals surface area contributed by atoms with Crippen molar-refractivity contribution in [2.24, 2.45) is 28.1 Å². The molecule has 3 heterocycles. The molecule has 3 aliphatic carbocycles. The van der Waals surface area contributed by atoms with Gasteiger partial charge in [-0.25, -0.2) is 0 Å². The summed E-state index contributed by atoms with van der Waals surface area (Å²) in [6.45, 7) is 13.1. The van der Waals surface area contributed by atoms with Crippen molar-refractivity contribution in [1.82, 2.24) is 0 Å². The molecule has 1 aromatic rings. The summed E-state index contributed by atoms with van der Waals surface area (Å²) >= 11 is 0. The van der Waals surface area contributed by atoms with Gasteiger partial charge in [0.1, 0.15) is 24.4 Å². The number of fused-ring (bicyclic) bond motifs is 4. The summed E-state index contributed by atoms with van der Waals surface area (Å²) in [7, 11) is 0. The molecule has 0 N–H and O–H groups in total. The number of carbonyl (C=O) groups is 3. The maximum absolute atomic E-state index is 12.8. The van der Waals surface area contributed by atoms with Crippen molar-refractivity contribution in [2.75, 3.05) is 6.61 Å². The maximum atomic E-state index is 12.8. The number of furan rings is 1. The van der Waals surface area contributed by atoms with Crippen LogP contribution in [0, 0.1) is 28.1 Å². The average molecular weight is 569 g/mol. The molecule has 1 aromatic heterocycles. The van der Waals surface area contributed by atoms with Gasteiger partial charge in [-0.2, -0.15) is 0 Å². The normalized spacial score (nSPS) is 44.2. The van der Waals surface area contributed by atoms with Gasteiger partial charge < -0.3 is 28.1 Å². The van der Waals surface area contributed by atoms with E-state index in [4.69, 9.17) is 28.1 Å². The van der Waals surface area contributed by atoms with Crippen molar-refractivity contribution in [3.8, 4) is 0 Å². The number of hydrogen-bond donors (Lipinski definition) is 0. The highest BCUT2D eigenvalue weighted by atomic mass is 16.6. The number of allylic oxidation sites excluding steroid dienone is 2. The van der Waals surface area contributed by atoms with Crippen LogP contribution in [0.15, 0.2) is 46.5 Å². The summed E-state index contributed by atoms with van der Waals surface area (Å²) in [5, 5.41) is 0. The van der Waals surface area contributed by atoms with Gasteiger partial charge in [-0.3, -0.25) is 14.4 Å². The molecular formula is C32H40O9. The Morgan fingerprint density at radius 1 is 0.951 bits per heavy atom. The van der Waals surface area contributed by atoms with Crippen LogP contribution in [-0.2, 0) is 38.1 Å². The molecule has 41 heavy (non-hydrogen) atoms. The number of rotatable bonds is 4. The van der Waals surface area contributed by atoms with E-state index in [1.807, 2.05) is 6.07 Å². The summed E-state index contributed by atoms with van der Waals surface area (Å²) in [5.41, 5.74) is 1.30. The SMILES string of the molecule is CC(=O)O[C@@H]1[C@@H]2OC[C@]3(C)[C@H](OC(C)=O)C[C@H](OC(C)=O)[C@@](C)([C@@H]23)[C@H]2C=CO[C@H]3C[C@H](c4ccoc4)C(C)=C3[C@]12C. The lowest BCUT2D eigenvalue weighted by molar-refractivity contribution is -0.250. The van der Waals surface area contributed by atoms with Gasteiger partial charge in [0.2, 0.25) is 0 Å². The van der Waals surface area contributed by atoms with Gasteiger partial charge in [-0.1, -0.05) is 26.3 Å². The lowest BCUT2D eigenvalue weighted by Crippen LogP contribution is -2.72. The number of carbonyl (C=O) groups excluding carboxylic acids is 3. The molecule has 0 amide bonds. The van der Waals surface area contributed by atoms with Crippen LogP contribution < -0.4 is 0 Å². The Labute approximate surface area is 240 Å². The molecule has 1 saturated heterocycles. The molecule has 9 heteroatoms. The van der Waals surface area contributed by atoms with E-state index in [1.54, 1.807) is 18.8 Å². The Morgan fingerprint density at radius 3 is 2.27 bits per heavy atom. The fraction of sp³-hybridized carbons (Fsp3) is 0.656. The largest absolute Gasteiger partial charge is 0.494 e. The van der Waals surface area contributed by atoms with Crippen molar-refractivity contribution in [3.63, 3.8) is 0 Å². The van der Waals surface area contributed by atoms with Crippen molar-refractivity contribution in [2.45, 2.75) is 97.7 Å². The van der Waals surface area contributed by atoms with Gasteiger partial charge in [0.15, 0.2) is 0 Å². The Bertz CT molecular complexity index is 1310. The van der Waals surface area contributed by atoms with Crippen LogP contribution in [0.4, 0.5) is 0 Å². The van der Waals surface area contributed by atoms with E-state index >= 15 is 0 Å². The minimum Gasteiger partial charge on any atom is -0.494 e. The minimum atomic E-state index is -0.750. The zero-order chi connectivity index (χ0) is 29.5. The van der Waals surface area contributed by atoms with E-state index in [1.165, 1.54) is 20.8 Å². The van der Waals surface area contributed by atoms with Crippen LogP contribution in [0.3, 0.4) is 0 Å². The fourth-order valence-electron chi connectivity index (χ4n) is 9.71. The first-order valence-electron chi connectivity index (χ1n) is 14.5. The topological polar surface area (TPSA) is 110 Å². The van der Waals surface area contributed by atoms with Crippen LogP contribution >= 0.6 is 0 Å². The van der Waals surface area contributed by atoms with Crippen molar-refractivity contribution in [1.29, 1.82) is 0 Å². The molecule has 3 fully saturated rings. The Morgan fingerprint density at radius 2 is 1.63 bits per heavy atom. The molecule has 5 aliphatic rings. The molecule has 11 atom stereocenters. The van der Waals surface area contributed by atoms with Gasteiger partial charge in [0, 0.05) is 61.2 Å². The highest BCUT2D eigenvalue weighted by Crippen LogP contribution is 2.72. The lowest BCUT2D eigenvalue weighted by Gasteiger charge is -2.65. The summed E-state index contributed by atoms with van der Waals surface area (Å²) < 4.78 is 36.8. The third kappa shape index (κ3) is 3.87. The second-order valence-corrected chi connectivity index (χ2v) is 13.2. The van der Waals surface area contributed by atoms with E-state index in [0.29, 0.717) is 13.0 Å². The first-order valence-corrected chi connectivity index (χ1v) is 14.5. The molecule has 0 aromatic carbocycles. The Balaban J connectivity index is 1.58. The van der Waals surface area contributed by atoms with Gasteiger partial charge in [-0.15, -0.1) is 0 Å². The summed E-state index contributed by atoms with van der Waals surface area (Å²) in [6, 6.07) is 1.98. The van der Waals surface area contributed by atoms with Crippen molar-refractivity contribution in [3.05, 3.63) is 47.6 Å². The molecule has 9 nitrogen and oxygen atoms in total. The summed E-state index contributed by atoms with van der Waals surface area (Å²) in [5.74, 6) is -1.63. The molecule has 2 saturated carbocycles. The highest BCUT2D eigenvalue weighted by molar-refractivity contribution is 5.68. The maximum Gasteiger partial charge on any atom is 0.303 e. The smallest absolute Gasteiger partial charge is 0.303 e. The van der Waals surface area contributed by atoms with Gasteiger partial charge in [0.05, 0.1) is 31.5 Å². The summed E-state index contributed by atoms with van der Waals surface area (Å²) in [4.78, 5) is 37.6. The predicted molar refractivity (Wildman–Crippen MR) is 145 cm³/mol. The zero-order valence-electron chi connectivity index (χ0n) is 24.8. The summed E-state index contributed by atoms with van der Waals surface area (Å²) in [6.07, 6.45) is 5.84. The molecule has 222 valence electrons. The van der Waals surface area contributed by atoms with Crippen LogP contribution in [0.2, 0.25) is 0 Å². The standard InChI is InChI=1S/C32H40O9/c1-16-21(20-8-10-36-14-20)12-22-26(16)32(7)23(9-11-37-22)31(6)25(40-18(3)34)13-24(39-17(2)33)30(5)15-38-27(28(30)31)29(32)41-19(4)35/h8-11,14,21-25,27-29H,12-13,15H2,1-7H3/t21-,22-,23+,24+,25-,27+,28-,29+,30+,31-,32+/m0/s1.